The minimum atomic E-state index is 0.544. The minimum absolute atomic E-state index is 0.544. The summed E-state index contributed by atoms with van der Waals surface area (Å²) in [5.41, 5.74) is 0.959. The molecule has 2 atom stereocenters. The summed E-state index contributed by atoms with van der Waals surface area (Å²) in [6.07, 6.45) is 0. The Morgan fingerprint density at radius 3 is 3.07 bits per heavy atom. The maximum Gasteiger partial charge on any atom is 0.150 e. The molecule has 4 nitrogen and oxygen atoms in total. The third-order valence-electron chi connectivity index (χ3n) is 3.20. The Morgan fingerprint density at radius 1 is 1.60 bits per heavy atom. The van der Waals surface area contributed by atoms with Crippen molar-refractivity contribution in [3.05, 3.63) is 17.5 Å². The van der Waals surface area contributed by atoms with Gasteiger partial charge in [-0.1, -0.05) is 5.16 Å². The molecule has 4 heteroatoms. The van der Waals surface area contributed by atoms with Crippen molar-refractivity contribution in [2.75, 3.05) is 13.1 Å². The molecule has 2 rings (SSSR count). The van der Waals surface area contributed by atoms with Crippen molar-refractivity contribution in [3.8, 4) is 0 Å². The Morgan fingerprint density at radius 2 is 2.40 bits per heavy atom. The van der Waals surface area contributed by atoms with Crippen LogP contribution >= 0.6 is 0 Å². The predicted octanol–water partition coefficient (Wildman–Crippen LogP) is 1.17. The molecule has 0 bridgehead atoms. The summed E-state index contributed by atoms with van der Waals surface area (Å²) < 4.78 is 5.24. The highest BCUT2D eigenvalue weighted by Gasteiger charge is 2.24. The molecule has 2 unspecified atom stereocenters. The van der Waals surface area contributed by atoms with Gasteiger partial charge in [0.1, 0.15) is 0 Å². The maximum atomic E-state index is 5.24. The molecule has 1 aliphatic heterocycles. The molecule has 2 heterocycles. The smallest absolute Gasteiger partial charge is 0.150 e. The molecule has 1 saturated heterocycles. The standard InChI is InChI=1S/C11H19N3O/c1-8-6-11(15-13-8)7-14-5-4-12-9(2)10(14)3/h6,9-10,12H,4-5,7H2,1-3H3. The van der Waals surface area contributed by atoms with Crippen LogP contribution in [0.2, 0.25) is 0 Å². The van der Waals surface area contributed by atoms with E-state index in [1.165, 1.54) is 0 Å². The van der Waals surface area contributed by atoms with Crippen LogP contribution in [0.3, 0.4) is 0 Å². The number of hydrogen-bond donors (Lipinski definition) is 1. The maximum absolute atomic E-state index is 5.24. The first-order valence-corrected chi connectivity index (χ1v) is 5.56. The number of rotatable bonds is 2. The molecular formula is C11H19N3O. The van der Waals surface area contributed by atoms with Gasteiger partial charge in [0.25, 0.3) is 0 Å². The van der Waals surface area contributed by atoms with Gasteiger partial charge in [-0.05, 0) is 20.8 Å². The van der Waals surface area contributed by atoms with Crippen molar-refractivity contribution in [2.45, 2.75) is 39.4 Å². The van der Waals surface area contributed by atoms with Crippen LogP contribution < -0.4 is 5.32 Å². The lowest BCUT2D eigenvalue weighted by molar-refractivity contribution is 0.118. The molecule has 0 spiro atoms. The molecule has 1 aromatic rings. The highest BCUT2D eigenvalue weighted by molar-refractivity contribution is 5.03. The van der Waals surface area contributed by atoms with Gasteiger partial charge in [-0.15, -0.1) is 0 Å². The van der Waals surface area contributed by atoms with Crippen LogP contribution in [0, 0.1) is 6.92 Å². The second kappa shape index (κ2) is 4.33. The number of hydrogen-bond acceptors (Lipinski definition) is 4. The van der Waals surface area contributed by atoms with Crippen molar-refractivity contribution in [1.29, 1.82) is 0 Å². The van der Waals surface area contributed by atoms with Gasteiger partial charge in [0.15, 0.2) is 5.76 Å². The summed E-state index contributed by atoms with van der Waals surface area (Å²) in [6.45, 7) is 9.43. The number of nitrogens with one attached hydrogen (secondary N) is 1. The highest BCUT2D eigenvalue weighted by Crippen LogP contribution is 2.13. The van der Waals surface area contributed by atoms with Gasteiger partial charge >= 0.3 is 0 Å². The summed E-state index contributed by atoms with van der Waals surface area (Å²) in [5, 5.41) is 7.37. The molecule has 1 aliphatic rings. The van der Waals surface area contributed by atoms with Crippen molar-refractivity contribution in [3.63, 3.8) is 0 Å². The first kappa shape index (κ1) is 10.6. The van der Waals surface area contributed by atoms with Gasteiger partial charge in [-0.2, -0.15) is 0 Å². The fraction of sp³-hybridized carbons (Fsp3) is 0.727. The first-order valence-electron chi connectivity index (χ1n) is 5.56. The zero-order valence-corrected chi connectivity index (χ0v) is 9.66. The predicted molar refractivity (Wildman–Crippen MR) is 58.6 cm³/mol. The zero-order chi connectivity index (χ0) is 10.8. The van der Waals surface area contributed by atoms with Crippen LogP contribution in [0.25, 0.3) is 0 Å². The summed E-state index contributed by atoms with van der Waals surface area (Å²) >= 11 is 0. The van der Waals surface area contributed by atoms with E-state index in [0.717, 1.165) is 31.1 Å². The largest absolute Gasteiger partial charge is 0.360 e. The Kier molecular flexibility index (Phi) is 3.07. The van der Waals surface area contributed by atoms with Crippen LogP contribution in [0.15, 0.2) is 10.6 Å². The van der Waals surface area contributed by atoms with Crippen LogP contribution in [0.4, 0.5) is 0 Å². The molecule has 0 aromatic carbocycles. The van der Waals surface area contributed by atoms with Gasteiger partial charge in [0.2, 0.25) is 0 Å². The van der Waals surface area contributed by atoms with Crippen molar-refractivity contribution in [2.24, 2.45) is 0 Å². The van der Waals surface area contributed by atoms with Crippen LogP contribution in [0.1, 0.15) is 25.3 Å². The first-order chi connectivity index (χ1) is 7.16. The monoisotopic (exact) mass is 209 g/mol. The molecule has 0 radical (unpaired) electrons. The number of piperazine rings is 1. The van der Waals surface area contributed by atoms with Crippen LogP contribution in [0.5, 0.6) is 0 Å². The normalized spacial score (nSPS) is 28.2. The molecule has 0 amide bonds. The summed E-state index contributed by atoms with van der Waals surface area (Å²) in [7, 11) is 0. The minimum Gasteiger partial charge on any atom is -0.360 e. The topological polar surface area (TPSA) is 41.3 Å². The van der Waals surface area contributed by atoms with Gasteiger partial charge in [-0.25, -0.2) is 0 Å². The average Bonchev–Trinajstić information content (AvgIpc) is 2.59. The lowest BCUT2D eigenvalue weighted by Crippen LogP contribution is -2.54. The van der Waals surface area contributed by atoms with E-state index >= 15 is 0 Å². The third-order valence-corrected chi connectivity index (χ3v) is 3.20. The molecule has 84 valence electrons. The third kappa shape index (κ3) is 2.38. The van der Waals surface area contributed by atoms with Gasteiger partial charge in [0, 0.05) is 31.2 Å². The number of aryl methyl sites for hydroxylation is 1. The van der Waals surface area contributed by atoms with Gasteiger partial charge in [-0.3, -0.25) is 4.90 Å². The summed E-state index contributed by atoms with van der Waals surface area (Å²) in [4.78, 5) is 2.43. The molecule has 0 aliphatic carbocycles. The SMILES string of the molecule is Cc1cc(CN2CCNC(C)C2C)on1. The van der Waals surface area contributed by atoms with Crippen molar-refractivity contribution in [1.82, 2.24) is 15.4 Å². The molecular weight excluding hydrogens is 190 g/mol. The van der Waals surface area contributed by atoms with E-state index in [0.29, 0.717) is 12.1 Å². The Labute approximate surface area is 90.6 Å². The lowest BCUT2D eigenvalue weighted by Gasteiger charge is -2.37. The zero-order valence-electron chi connectivity index (χ0n) is 9.66. The van der Waals surface area contributed by atoms with Crippen LogP contribution in [-0.2, 0) is 6.54 Å². The van der Waals surface area contributed by atoms with E-state index in [1.807, 2.05) is 13.0 Å². The van der Waals surface area contributed by atoms with E-state index in [4.69, 9.17) is 4.52 Å². The average molecular weight is 209 g/mol. The van der Waals surface area contributed by atoms with E-state index < -0.39 is 0 Å². The quantitative estimate of drug-likeness (QED) is 0.793. The molecule has 15 heavy (non-hydrogen) atoms. The fourth-order valence-corrected chi connectivity index (χ4v) is 2.04. The summed E-state index contributed by atoms with van der Waals surface area (Å²) in [6, 6.07) is 3.10. The number of nitrogens with zero attached hydrogens (tertiary/aromatic N) is 2. The van der Waals surface area contributed by atoms with Gasteiger partial charge in [0.05, 0.1) is 12.2 Å². The van der Waals surface area contributed by atoms with E-state index in [1.54, 1.807) is 0 Å². The highest BCUT2D eigenvalue weighted by atomic mass is 16.5. The Balaban J connectivity index is 1.99. The Hall–Kier alpha value is -0.870. The molecule has 0 saturated carbocycles. The molecule has 1 fully saturated rings. The van der Waals surface area contributed by atoms with Crippen molar-refractivity contribution < 1.29 is 4.52 Å². The second-order valence-corrected chi connectivity index (χ2v) is 4.39. The fourth-order valence-electron chi connectivity index (χ4n) is 2.04. The number of aromatic nitrogens is 1. The lowest BCUT2D eigenvalue weighted by atomic mass is 10.1. The molecule has 1 N–H and O–H groups in total. The summed E-state index contributed by atoms with van der Waals surface area (Å²) in [5.74, 6) is 0.966. The Bertz CT molecular complexity index is 323. The molecule has 1 aromatic heterocycles. The van der Waals surface area contributed by atoms with Crippen molar-refractivity contribution >= 4 is 0 Å². The van der Waals surface area contributed by atoms with Gasteiger partial charge < -0.3 is 9.84 Å². The van der Waals surface area contributed by atoms with E-state index in [2.05, 4.69) is 29.2 Å². The second-order valence-electron chi connectivity index (χ2n) is 4.39. The van der Waals surface area contributed by atoms with E-state index in [-0.39, 0.29) is 0 Å². The van der Waals surface area contributed by atoms with Crippen LogP contribution in [-0.4, -0.2) is 35.2 Å². The van der Waals surface area contributed by atoms with E-state index in [9.17, 15) is 0 Å².